The fourth-order valence-electron chi connectivity index (χ4n) is 4.93. The first-order valence-corrected chi connectivity index (χ1v) is 21.3. The molecule has 0 N–H and O–H groups in total. The number of esters is 2. The average molecular weight is 695 g/mol. The van der Waals surface area contributed by atoms with Gasteiger partial charge in [-0.1, -0.05) is 77.1 Å². The molecule has 226 valence electrons. The maximum atomic E-state index is 13.3. The van der Waals surface area contributed by atoms with Crippen molar-refractivity contribution >= 4 is 51.2 Å². The molecule has 0 aromatic rings. The lowest BCUT2D eigenvalue weighted by Crippen LogP contribution is -2.53. The lowest BCUT2D eigenvalue weighted by Gasteiger charge is -2.45. The molecule has 0 aliphatic carbocycles. The third-order valence-corrected chi connectivity index (χ3v) is 19.1. The predicted octanol–water partition coefficient (Wildman–Crippen LogP) is 8.72. The van der Waals surface area contributed by atoms with E-state index < -0.39 is 34.4 Å². The van der Waals surface area contributed by atoms with E-state index in [1.807, 2.05) is 30.1 Å². The van der Waals surface area contributed by atoms with E-state index in [0.717, 1.165) is 23.7 Å². The summed E-state index contributed by atoms with van der Waals surface area (Å²) in [4.78, 5) is 25.7. The molecule has 0 spiro atoms. The monoisotopic (exact) mass is 694 g/mol. The van der Waals surface area contributed by atoms with Gasteiger partial charge >= 0.3 is 11.9 Å². The third-order valence-electron chi connectivity index (χ3n) is 8.85. The van der Waals surface area contributed by atoms with Gasteiger partial charge in [-0.05, 0) is 78.7 Å². The van der Waals surface area contributed by atoms with Crippen molar-refractivity contribution in [1.82, 2.24) is 0 Å². The molecule has 0 bridgehead atoms. The van der Waals surface area contributed by atoms with Crippen molar-refractivity contribution in [3.05, 3.63) is 21.8 Å². The maximum Gasteiger partial charge on any atom is 0.308 e. The Balaban J connectivity index is 3.73. The van der Waals surface area contributed by atoms with E-state index in [-0.39, 0.29) is 35.4 Å². The number of carbonyl (C=O) groups excluding carboxylic acids is 2. The van der Waals surface area contributed by atoms with Gasteiger partial charge < -0.3 is 18.3 Å². The topological polar surface area (TPSA) is 71.1 Å². The summed E-state index contributed by atoms with van der Waals surface area (Å²) in [6.45, 7) is 25.2. The van der Waals surface area contributed by atoms with E-state index in [2.05, 4.69) is 84.2 Å². The Bertz CT molecular complexity index is 869. The van der Waals surface area contributed by atoms with E-state index in [0.29, 0.717) is 12.8 Å². The summed E-state index contributed by atoms with van der Waals surface area (Å²) in [5.41, 5.74) is 0.218. The summed E-state index contributed by atoms with van der Waals surface area (Å²) in [6.07, 6.45) is 4.05. The largest absolute Gasteiger partial charge is 0.457 e. The van der Waals surface area contributed by atoms with Crippen molar-refractivity contribution in [2.24, 2.45) is 5.92 Å². The van der Waals surface area contributed by atoms with Gasteiger partial charge in [0.2, 0.25) is 0 Å². The zero-order chi connectivity index (χ0) is 30.2. The molecule has 0 aromatic carbocycles. The molecule has 1 aliphatic heterocycles. The van der Waals surface area contributed by atoms with Gasteiger partial charge in [0.25, 0.3) is 0 Å². The summed E-state index contributed by atoms with van der Waals surface area (Å²) >= 11 is 2.19. The second-order valence-electron chi connectivity index (χ2n) is 12.9. The maximum absolute atomic E-state index is 13.3. The van der Waals surface area contributed by atoms with Crippen LogP contribution >= 0.6 is 22.6 Å². The Morgan fingerprint density at radius 3 is 2.18 bits per heavy atom. The molecule has 0 radical (unpaired) electrons. The van der Waals surface area contributed by atoms with Crippen LogP contribution in [0.15, 0.2) is 21.8 Å². The molecule has 6 nitrogen and oxygen atoms in total. The molecule has 0 saturated heterocycles. The van der Waals surface area contributed by atoms with Crippen LogP contribution < -0.4 is 0 Å². The van der Waals surface area contributed by atoms with Crippen LogP contribution in [0.5, 0.6) is 0 Å². The molecule has 5 atom stereocenters. The van der Waals surface area contributed by atoms with Crippen LogP contribution in [0, 0.1) is 5.92 Å². The second-order valence-corrected chi connectivity index (χ2v) is 23.0. The highest BCUT2D eigenvalue weighted by molar-refractivity contribution is 14.1. The Morgan fingerprint density at radius 2 is 1.72 bits per heavy atom. The van der Waals surface area contributed by atoms with Gasteiger partial charge in [0.15, 0.2) is 16.6 Å². The minimum atomic E-state index is -2.18. The molecular weight excluding hydrogens is 639 g/mol. The van der Waals surface area contributed by atoms with Crippen molar-refractivity contribution in [1.29, 1.82) is 0 Å². The van der Waals surface area contributed by atoms with Crippen molar-refractivity contribution in [2.75, 3.05) is 0 Å². The van der Waals surface area contributed by atoms with Crippen LogP contribution in [0.25, 0.3) is 0 Å². The van der Waals surface area contributed by atoms with Gasteiger partial charge in [-0.25, -0.2) is 0 Å². The van der Waals surface area contributed by atoms with Gasteiger partial charge in [0.1, 0.15) is 12.2 Å². The Hall–Kier alpha value is -0.496. The molecule has 0 aromatic heterocycles. The number of ether oxygens (including phenoxy) is 2. The van der Waals surface area contributed by atoms with Crippen LogP contribution in [0.2, 0.25) is 36.3 Å². The van der Waals surface area contributed by atoms with Crippen LogP contribution in [0.1, 0.15) is 88.5 Å². The van der Waals surface area contributed by atoms with Crippen molar-refractivity contribution in [2.45, 2.75) is 149 Å². The summed E-state index contributed by atoms with van der Waals surface area (Å²) in [5, 5.41) is -0.00427. The molecule has 0 amide bonds. The van der Waals surface area contributed by atoms with Gasteiger partial charge in [-0.2, -0.15) is 0 Å². The molecule has 0 unspecified atom stereocenters. The summed E-state index contributed by atoms with van der Waals surface area (Å²) < 4.78 is 28.0. The Kier molecular flexibility index (Phi) is 14.2. The molecule has 39 heavy (non-hydrogen) atoms. The quantitative estimate of drug-likeness (QED) is 0.104. The fraction of sp³-hybridized carbons (Fsp3) is 0.800. The molecule has 0 saturated carbocycles. The highest BCUT2D eigenvalue weighted by atomic mass is 127. The van der Waals surface area contributed by atoms with Crippen molar-refractivity contribution in [3.63, 3.8) is 0 Å². The summed E-state index contributed by atoms with van der Waals surface area (Å²) in [7, 11) is -4.27. The smallest absolute Gasteiger partial charge is 0.308 e. The molecule has 1 heterocycles. The van der Waals surface area contributed by atoms with Crippen LogP contribution in [0.3, 0.4) is 0 Å². The van der Waals surface area contributed by atoms with E-state index in [4.69, 9.17) is 18.3 Å². The van der Waals surface area contributed by atoms with Crippen LogP contribution in [0.4, 0.5) is 0 Å². The predicted molar refractivity (Wildman–Crippen MR) is 174 cm³/mol. The van der Waals surface area contributed by atoms with Gasteiger partial charge in [0, 0.05) is 12.8 Å². The van der Waals surface area contributed by atoms with Gasteiger partial charge in [-0.15, -0.1) is 0 Å². The lowest BCUT2D eigenvalue weighted by atomic mass is 9.89. The first kappa shape index (κ1) is 36.5. The van der Waals surface area contributed by atoms with E-state index >= 15 is 0 Å². The van der Waals surface area contributed by atoms with Gasteiger partial charge in [-0.3, -0.25) is 9.59 Å². The Morgan fingerprint density at radius 1 is 1.15 bits per heavy atom. The molecule has 0 fully saturated rings. The average Bonchev–Trinajstić information content (AvgIpc) is 2.84. The number of halogens is 1. The minimum Gasteiger partial charge on any atom is -0.457 e. The highest BCUT2D eigenvalue weighted by Gasteiger charge is 2.46. The standard InChI is InChI=1S/C30H55IO6Si2/c1-13-39(14-2,15-3)37-30(10)19-18-25(36-38(11,12)29(7,8)9)20-27(33)35-28(23(5)21-31)22(4)16-17-26(30)34-24(6)32/h16-17,21-22,25-26,28H,13-15,18-20H2,1-12H3/b17-16-,23-21+/t22-,25+,26-,28-,30+/m0/s1. The van der Waals surface area contributed by atoms with Gasteiger partial charge in [0.05, 0.1) is 18.1 Å². The zero-order valence-electron chi connectivity index (χ0n) is 26.6. The lowest BCUT2D eigenvalue weighted by molar-refractivity contribution is -0.155. The molecule has 1 rings (SSSR count). The number of hydrogen-bond acceptors (Lipinski definition) is 6. The first-order valence-electron chi connectivity index (χ1n) is 14.6. The minimum absolute atomic E-state index is 0.00427. The highest BCUT2D eigenvalue weighted by Crippen LogP contribution is 2.40. The second kappa shape index (κ2) is 15.1. The summed E-state index contributed by atoms with van der Waals surface area (Å²) in [5.74, 6) is -0.705. The van der Waals surface area contributed by atoms with E-state index in [1.165, 1.54) is 6.92 Å². The normalized spacial score (nSPS) is 29.2. The molecule has 1 aliphatic rings. The van der Waals surface area contributed by atoms with Crippen molar-refractivity contribution in [3.8, 4) is 0 Å². The zero-order valence-corrected chi connectivity index (χ0v) is 30.8. The number of carbonyl (C=O) groups is 2. The van der Waals surface area contributed by atoms with Crippen molar-refractivity contribution < 1.29 is 27.9 Å². The third kappa shape index (κ3) is 10.4. The number of rotatable bonds is 9. The number of hydrogen-bond donors (Lipinski definition) is 0. The number of cyclic esters (lactones) is 1. The molecule has 9 heteroatoms. The Labute approximate surface area is 254 Å². The van der Waals surface area contributed by atoms with E-state index in [9.17, 15) is 9.59 Å². The van der Waals surface area contributed by atoms with Crippen LogP contribution in [-0.4, -0.2) is 52.5 Å². The molecular formula is C30H55IO6Si2. The SMILES string of the molecule is CC[Si](CC)(CC)O[C@]1(C)CC[C@@H](O[Si](C)(C)C(C)(C)C)CC(=O)O[C@H](/C(C)=C/I)[C@@H](C)/C=C\[C@@H]1OC(C)=O. The first-order chi connectivity index (χ1) is 17.9. The fourth-order valence-corrected chi connectivity index (χ4v) is 9.82. The summed E-state index contributed by atoms with van der Waals surface area (Å²) in [6, 6.07) is 2.96. The van der Waals surface area contributed by atoms with Crippen LogP contribution in [-0.2, 0) is 27.9 Å². The van der Waals surface area contributed by atoms with E-state index in [1.54, 1.807) is 0 Å².